The molecular formula is C17H22INO4. The summed E-state index contributed by atoms with van der Waals surface area (Å²) in [6, 6.07) is 9.56. The van der Waals surface area contributed by atoms with Gasteiger partial charge < -0.3 is 14.4 Å². The van der Waals surface area contributed by atoms with Crippen LogP contribution in [0.3, 0.4) is 0 Å². The van der Waals surface area contributed by atoms with Gasteiger partial charge in [0, 0.05) is 17.5 Å². The van der Waals surface area contributed by atoms with E-state index >= 15 is 0 Å². The molecule has 0 bridgehead atoms. The molecule has 0 saturated carbocycles. The van der Waals surface area contributed by atoms with E-state index in [-0.39, 0.29) is 30.5 Å². The maximum atomic E-state index is 12.3. The predicted molar refractivity (Wildman–Crippen MR) is 95.2 cm³/mol. The fourth-order valence-electron chi connectivity index (χ4n) is 2.88. The van der Waals surface area contributed by atoms with Crippen LogP contribution in [0.4, 0.5) is 4.79 Å². The van der Waals surface area contributed by atoms with E-state index in [4.69, 9.17) is 9.47 Å². The van der Waals surface area contributed by atoms with Crippen LogP contribution in [0.1, 0.15) is 12.5 Å². The number of methoxy groups -OCH3 is 1. The first-order valence-corrected chi connectivity index (χ1v) is 9.18. The zero-order valence-corrected chi connectivity index (χ0v) is 15.6. The molecule has 0 radical (unpaired) electrons. The number of halogens is 1. The minimum absolute atomic E-state index is 0.114. The predicted octanol–water partition coefficient (Wildman–Crippen LogP) is 3.12. The molecule has 3 atom stereocenters. The van der Waals surface area contributed by atoms with Crippen LogP contribution in [0.25, 0.3) is 0 Å². The Morgan fingerprint density at radius 1 is 1.30 bits per heavy atom. The van der Waals surface area contributed by atoms with Crippen molar-refractivity contribution in [1.29, 1.82) is 0 Å². The lowest BCUT2D eigenvalue weighted by atomic mass is 9.86. The summed E-state index contributed by atoms with van der Waals surface area (Å²) >= 11 is 2.31. The third kappa shape index (κ3) is 4.59. The number of carbonyl (C=O) groups excluding carboxylic acids is 2. The van der Waals surface area contributed by atoms with E-state index in [1.54, 1.807) is 4.90 Å². The molecule has 0 spiro atoms. The Morgan fingerprint density at radius 3 is 2.61 bits per heavy atom. The number of amides is 1. The van der Waals surface area contributed by atoms with E-state index in [0.29, 0.717) is 19.0 Å². The van der Waals surface area contributed by atoms with Gasteiger partial charge in [0.05, 0.1) is 13.0 Å². The monoisotopic (exact) mass is 431 g/mol. The molecule has 1 aliphatic heterocycles. The Balaban J connectivity index is 1.97. The highest BCUT2D eigenvalue weighted by atomic mass is 127. The lowest BCUT2D eigenvalue weighted by Crippen LogP contribution is -2.30. The largest absolute Gasteiger partial charge is 0.469 e. The molecule has 23 heavy (non-hydrogen) atoms. The molecule has 1 aliphatic rings. The fourth-order valence-corrected chi connectivity index (χ4v) is 3.53. The third-order valence-corrected chi connectivity index (χ3v) is 5.70. The number of rotatable bonds is 5. The Bertz CT molecular complexity index is 537. The number of hydrogen-bond acceptors (Lipinski definition) is 4. The van der Waals surface area contributed by atoms with Crippen LogP contribution in [0.2, 0.25) is 0 Å². The van der Waals surface area contributed by atoms with Gasteiger partial charge in [-0.15, -0.1) is 0 Å². The van der Waals surface area contributed by atoms with E-state index in [0.717, 1.165) is 9.99 Å². The highest BCUT2D eigenvalue weighted by molar-refractivity contribution is 14.1. The van der Waals surface area contributed by atoms with Crippen molar-refractivity contribution < 1.29 is 19.1 Å². The molecule has 1 heterocycles. The quantitative estimate of drug-likeness (QED) is 0.409. The van der Waals surface area contributed by atoms with Gasteiger partial charge in [-0.25, -0.2) is 4.79 Å². The molecule has 0 aliphatic carbocycles. The van der Waals surface area contributed by atoms with E-state index in [2.05, 4.69) is 29.5 Å². The first-order valence-electron chi connectivity index (χ1n) is 7.66. The first-order chi connectivity index (χ1) is 11.1. The van der Waals surface area contributed by atoms with Crippen molar-refractivity contribution in [2.75, 3.05) is 24.6 Å². The summed E-state index contributed by atoms with van der Waals surface area (Å²) in [5.74, 6) is -0.0608. The number of ether oxygens (including phenoxy) is 2. The number of alkyl halides is 1. The van der Waals surface area contributed by atoms with Gasteiger partial charge in [-0.05, 0) is 17.4 Å². The lowest BCUT2D eigenvalue weighted by molar-refractivity contribution is -0.146. The zero-order valence-electron chi connectivity index (χ0n) is 13.4. The zero-order chi connectivity index (χ0) is 16.8. The molecule has 3 unspecified atom stereocenters. The molecular weight excluding hydrogens is 409 g/mol. The Kier molecular flexibility index (Phi) is 6.68. The smallest absolute Gasteiger partial charge is 0.410 e. The molecule has 1 saturated heterocycles. The molecule has 6 heteroatoms. The number of benzene rings is 1. The van der Waals surface area contributed by atoms with Crippen LogP contribution >= 0.6 is 22.6 Å². The molecule has 1 amide bonds. The van der Waals surface area contributed by atoms with Crippen LogP contribution in [0.5, 0.6) is 0 Å². The Labute approximate surface area is 150 Å². The molecule has 2 rings (SSSR count). The standard InChI is InChI=1S/C17H22INO4/c1-12(8-18)14-9-19(10-15(14)16(20)22-2)17(21)23-11-13-6-4-3-5-7-13/h3-7,12,14-15H,8-11H2,1-2H3. The van der Waals surface area contributed by atoms with Gasteiger partial charge >= 0.3 is 12.1 Å². The minimum Gasteiger partial charge on any atom is -0.469 e. The Morgan fingerprint density at radius 2 is 2.00 bits per heavy atom. The second-order valence-corrected chi connectivity index (χ2v) is 6.75. The molecule has 126 valence electrons. The van der Waals surface area contributed by atoms with E-state index in [1.165, 1.54) is 7.11 Å². The van der Waals surface area contributed by atoms with Crippen LogP contribution < -0.4 is 0 Å². The van der Waals surface area contributed by atoms with Crippen molar-refractivity contribution in [2.45, 2.75) is 13.5 Å². The van der Waals surface area contributed by atoms with Gasteiger partial charge in [-0.2, -0.15) is 0 Å². The number of likely N-dealkylation sites (tertiary alicyclic amines) is 1. The first kappa shape index (κ1) is 18.0. The van der Waals surface area contributed by atoms with Gasteiger partial charge in [-0.1, -0.05) is 59.8 Å². The van der Waals surface area contributed by atoms with Gasteiger partial charge in [-0.3, -0.25) is 4.79 Å². The van der Waals surface area contributed by atoms with Crippen LogP contribution in [0, 0.1) is 17.8 Å². The number of esters is 1. The highest BCUT2D eigenvalue weighted by Gasteiger charge is 2.43. The van der Waals surface area contributed by atoms with Crippen molar-refractivity contribution in [3.8, 4) is 0 Å². The minimum atomic E-state index is -0.370. The molecule has 0 N–H and O–H groups in total. The molecule has 1 aromatic carbocycles. The number of hydrogen-bond donors (Lipinski definition) is 0. The van der Waals surface area contributed by atoms with Crippen molar-refractivity contribution in [2.24, 2.45) is 17.8 Å². The topological polar surface area (TPSA) is 55.8 Å². The summed E-state index contributed by atoms with van der Waals surface area (Å²) in [4.78, 5) is 25.9. The Hall–Kier alpha value is -1.31. The summed E-state index contributed by atoms with van der Waals surface area (Å²) in [6.45, 7) is 3.25. The third-order valence-electron chi connectivity index (χ3n) is 4.31. The van der Waals surface area contributed by atoms with Crippen LogP contribution in [-0.2, 0) is 20.9 Å². The molecule has 5 nitrogen and oxygen atoms in total. The second kappa shape index (κ2) is 8.52. The summed E-state index contributed by atoms with van der Waals surface area (Å²) in [5.41, 5.74) is 0.946. The summed E-state index contributed by atoms with van der Waals surface area (Å²) < 4.78 is 11.2. The van der Waals surface area contributed by atoms with Gasteiger partial charge in [0.25, 0.3) is 0 Å². The summed E-state index contributed by atoms with van der Waals surface area (Å²) in [5, 5.41) is 0. The van der Waals surface area contributed by atoms with Crippen molar-refractivity contribution >= 4 is 34.7 Å². The van der Waals surface area contributed by atoms with Crippen molar-refractivity contribution in [1.82, 2.24) is 4.90 Å². The van der Waals surface area contributed by atoms with E-state index in [9.17, 15) is 9.59 Å². The van der Waals surface area contributed by atoms with Gasteiger partial charge in [0.1, 0.15) is 6.61 Å². The maximum absolute atomic E-state index is 12.3. The average Bonchev–Trinajstić information content (AvgIpc) is 3.04. The second-order valence-electron chi connectivity index (χ2n) is 5.87. The summed E-state index contributed by atoms with van der Waals surface area (Å²) in [7, 11) is 1.39. The molecule has 1 fully saturated rings. The molecule has 1 aromatic rings. The fraction of sp³-hybridized carbons (Fsp3) is 0.529. The van der Waals surface area contributed by atoms with Crippen molar-refractivity contribution in [3.05, 3.63) is 35.9 Å². The van der Waals surface area contributed by atoms with Crippen LogP contribution in [-0.4, -0.2) is 41.6 Å². The van der Waals surface area contributed by atoms with Crippen molar-refractivity contribution in [3.63, 3.8) is 0 Å². The summed E-state index contributed by atoms with van der Waals surface area (Å²) in [6.07, 6.45) is -0.370. The SMILES string of the molecule is COC(=O)C1CN(C(=O)OCc2ccccc2)CC1C(C)CI. The highest BCUT2D eigenvalue weighted by Crippen LogP contribution is 2.32. The van der Waals surface area contributed by atoms with Gasteiger partial charge in [0.15, 0.2) is 0 Å². The normalized spacial score (nSPS) is 21.8. The average molecular weight is 431 g/mol. The molecule has 0 aromatic heterocycles. The number of carbonyl (C=O) groups is 2. The van der Waals surface area contributed by atoms with Crippen LogP contribution in [0.15, 0.2) is 30.3 Å². The van der Waals surface area contributed by atoms with E-state index < -0.39 is 0 Å². The lowest BCUT2D eigenvalue weighted by Gasteiger charge is -2.21. The van der Waals surface area contributed by atoms with E-state index in [1.807, 2.05) is 30.3 Å². The van der Waals surface area contributed by atoms with Gasteiger partial charge in [0.2, 0.25) is 0 Å². The maximum Gasteiger partial charge on any atom is 0.410 e. The number of nitrogens with zero attached hydrogens (tertiary/aromatic N) is 1.